The molecule has 1 fully saturated rings. The SMILES string of the molecule is COc1ccc(Br)cc1CN1C[C@H](OC)C[C@H]1CO. The van der Waals surface area contributed by atoms with Gasteiger partial charge in [-0.05, 0) is 24.6 Å². The average Bonchev–Trinajstić information content (AvgIpc) is 2.81. The van der Waals surface area contributed by atoms with Crippen LogP contribution in [-0.4, -0.2) is 49.5 Å². The molecule has 0 aliphatic carbocycles. The number of aliphatic hydroxyl groups is 1. The quantitative estimate of drug-likeness (QED) is 0.897. The summed E-state index contributed by atoms with van der Waals surface area (Å²) in [7, 11) is 3.40. The van der Waals surface area contributed by atoms with E-state index < -0.39 is 0 Å². The lowest BCUT2D eigenvalue weighted by Crippen LogP contribution is -2.32. The molecule has 0 amide bonds. The lowest BCUT2D eigenvalue weighted by Gasteiger charge is -2.23. The molecular weight excluding hydrogens is 310 g/mol. The van der Waals surface area contributed by atoms with E-state index in [1.54, 1.807) is 14.2 Å². The van der Waals surface area contributed by atoms with E-state index in [0.717, 1.165) is 35.3 Å². The summed E-state index contributed by atoms with van der Waals surface area (Å²) in [5.41, 5.74) is 1.12. The standard InChI is InChI=1S/C14H20BrNO3/c1-18-13-6-12(9-17)16(8-13)7-10-5-11(15)3-4-14(10)19-2/h3-5,12-13,17H,6-9H2,1-2H3/t12-,13+/m0/s1. The van der Waals surface area contributed by atoms with Crippen molar-refractivity contribution in [2.45, 2.75) is 25.1 Å². The number of benzene rings is 1. The fraction of sp³-hybridized carbons (Fsp3) is 0.571. The van der Waals surface area contributed by atoms with Gasteiger partial charge in [0.1, 0.15) is 5.75 Å². The zero-order valence-electron chi connectivity index (χ0n) is 11.3. The summed E-state index contributed by atoms with van der Waals surface area (Å²) in [5.74, 6) is 0.876. The van der Waals surface area contributed by atoms with E-state index >= 15 is 0 Å². The van der Waals surface area contributed by atoms with E-state index in [0.29, 0.717) is 0 Å². The summed E-state index contributed by atoms with van der Waals surface area (Å²) in [6.45, 7) is 1.77. The van der Waals surface area contributed by atoms with Crippen LogP contribution in [0.15, 0.2) is 22.7 Å². The maximum atomic E-state index is 9.47. The number of nitrogens with zero attached hydrogens (tertiary/aromatic N) is 1. The summed E-state index contributed by atoms with van der Waals surface area (Å²) in [6.07, 6.45) is 1.08. The van der Waals surface area contributed by atoms with Gasteiger partial charge in [0, 0.05) is 36.3 Å². The first kappa shape index (κ1) is 14.8. The minimum absolute atomic E-state index is 0.161. The Morgan fingerprint density at radius 1 is 1.42 bits per heavy atom. The number of halogens is 1. The van der Waals surface area contributed by atoms with Crippen LogP contribution < -0.4 is 4.74 Å². The number of hydrogen-bond donors (Lipinski definition) is 1. The normalized spacial score (nSPS) is 23.8. The van der Waals surface area contributed by atoms with Crippen molar-refractivity contribution in [1.82, 2.24) is 4.90 Å². The fourth-order valence-electron chi connectivity index (χ4n) is 2.58. The summed E-state index contributed by atoms with van der Waals surface area (Å²) in [6, 6.07) is 6.15. The van der Waals surface area contributed by atoms with Crippen molar-refractivity contribution in [2.75, 3.05) is 27.4 Å². The lowest BCUT2D eigenvalue weighted by molar-refractivity contribution is 0.107. The molecule has 1 aliphatic heterocycles. The molecule has 0 radical (unpaired) electrons. The molecule has 4 nitrogen and oxygen atoms in total. The Balaban J connectivity index is 2.13. The molecule has 1 aromatic rings. The van der Waals surface area contributed by atoms with Gasteiger partial charge in [0.2, 0.25) is 0 Å². The van der Waals surface area contributed by atoms with Crippen molar-refractivity contribution in [3.63, 3.8) is 0 Å². The smallest absolute Gasteiger partial charge is 0.123 e. The minimum Gasteiger partial charge on any atom is -0.496 e. The molecule has 2 atom stereocenters. The van der Waals surface area contributed by atoms with Gasteiger partial charge in [-0.15, -0.1) is 0 Å². The van der Waals surface area contributed by atoms with E-state index in [1.807, 2.05) is 12.1 Å². The minimum atomic E-state index is 0.161. The van der Waals surface area contributed by atoms with Crippen LogP contribution in [0.5, 0.6) is 5.75 Å². The monoisotopic (exact) mass is 329 g/mol. The van der Waals surface area contributed by atoms with Gasteiger partial charge in [-0.3, -0.25) is 4.90 Å². The highest BCUT2D eigenvalue weighted by molar-refractivity contribution is 9.10. The molecule has 106 valence electrons. The van der Waals surface area contributed by atoms with Crippen LogP contribution in [0, 0.1) is 0 Å². The molecule has 0 saturated carbocycles. The first-order valence-electron chi connectivity index (χ1n) is 6.38. The predicted octanol–water partition coefficient (Wildman–Crippen LogP) is 2.04. The Morgan fingerprint density at radius 3 is 2.84 bits per heavy atom. The second kappa shape index (κ2) is 6.70. The van der Waals surface area contributed by atoms with E-state index in [1.165, 1.54) is 0 Å². The largest absolute Gasteiger partial charge is 0.496 e. The van der Waals surface area contributed by atoms with Gasteiger partial charge in [0.05, 0.1) is 19.8 Å². The molecule has 19 heavy (non-hydrogen) atoms. The van der Waals surface area contributed by atoms with Crippen LogP contribution in [0.2, 0.25) is 0 Å². The zero-order valence-corrected chi connectivity index (χ0v) is 12.9. The number of hydrogen-bond acceptors (Lipinski definition) is 4. The highest BCUT2D eigenvalue weighted by Crippen LogP contribution is 2.28. The summed E-state index contributed by atoms with van der Waals surface area (Å²) < 4.78 is 11.8. The molecule has 1 aromatic carbocycles. The van der Waals surface area contributed by atoms with Gasteiger partial charge in [0.25, 0.3) is 0 Å². The molecule has 0 unspecified atom stereocenters. The van der Waals surface area contributed by atoms with Crippen molar-refractivity contribution >= 4 is 15.9 Å². The van der Waals surface area contributed by atoms with Crippen LogP contribution in [0.1, 0.15) is 12.0 Å². The van der Waals surface area contributed by atoms with Crippen LogP contribution in [-0.2, 0) is 11.3 Å². The third kappa shape index (κ3) is 3.48. The molecule has 1 aliphatic rings. The van der Waals surface area contributed by atoms with Crippen molar-refractivity contribution in [3.8, 4) is 5.75 Å². The van der Waals surface area contributed by atoms with Crippen LogP contribution >= 0.6 is 15.9 Å². The van der Waals surface area contributed by atoms with Gasteiger partial charge in [-0.2, -0.15) is 0 Å². The van der Waals surface area contributed by atoms with Gasteiger partial charge in [-0.25, -0.2) is 0 Å². The third-order valence-corrected chi connectivity index (χ3v) is 4.14. The second-order valence-electron chi connectivity index (χ2n) is 4.82. The van der Waals surface area contributed by atoms with E-state index in [-0.39, 0.29) is 18.8 Å². The molecule has 1 N–H and O–H groups in total. The molecule has 0 spiro atoms. The Bertz CT molecular complexity index is 427. The maximum Gasteiger partial charge on any atom is 0.123 e. The van der Waals surface area contributed by atoms with Crippen molar-refractivity contribution in [3.05, 3.63) is 28.2 Å². The zero-order chi connectivity index (χ0) is 13.8. The van der Waals surface area contributed by atoms with Crippen molar-refractivity contribution in [2.24, 2.45) is 0 Å². The molecule has 0 bridgehead atoms. The van der Waals surface area contributed by atoms with Crippen LogP contribution in [0.25, 0.3) is 0 Å². The molecule has 2 rings (SSSR count). The third-order valence-electron chi connectivity index (χ3n) is 3.65. The number of likely N-dealkylation sites (tertiary alicyclic amines) is 1. The van der Waals surface area contributed by atoms with Crippen LogP contribution in [0.3, 0.4) is 0 Å². The first-order valence-corrected chi connectivity index (χ1v) is 7.17. The number of methoxy groups -OCH3 is 2. The molecule has 1 heterocycles. The van der Waals surface area contributed by atoms with Crippen LogP contribution in [0.4, 0.5) is 0 Å². The maximum absolute atomic E-state index is 9.47. The van der Waals surface area contributed by atoms with E-state index in [9.17, 15) is 5.11 Å². The van der Waals surface area contributed by atoms with Gasteiger partial charge >= 0.3 is 0 Å². The summed E-state index contributed by atoms with van der Waals surface area (Å²) >= 11 is 3.48. The fourth-order valence-corrected chi connectivity index (χ4v) is 2.99. The Morgan fingerprint density at radius 2 is 2.21 bits per heavy atom. The molecule has 0 aromatic heterocycles. The number of ether oxygens (including phenoxy) is 2. The van der Waals surface area contributed by atoms with Crippen molar-refractivity contribution in [1.29, 1.82) is 0 Å². The summed E-state index contributed by atoms with van der Waals surface area (Å²) in [5, 5.41) is 9.47. The predicted molar refractivity (Wildman–Crippen MR) is 77.4 cm³/mol. The Labute approximate surface area is 122 Å². The topological polar surface area (TPSA) is 41.9 Å². The van der Waals surface area contributed by atoms with E-state index in [4.69, 9.17) is 9.47 Å². The van der Waals surface area contributed by atoms with Gasteiger partial charge in [-0.1, -0.05) is 15.9 Å². The summed E-state index contributed by atoms with van der Waals surface area (Å²) in [4.78, 5) is 2.25. The lowest BCUT2D eigenvalue weighted by atomic mass is 10.1. The average molecular weight is 330 g/mol. The first-order chi connectivity index (χ1) is 9.17. The molecule has 5 heteroatoms. The second-order valence-corrected chi connectivity index (χ2v) is 5.73. The highest BCUT2D eigenvalue weighted by Gasteiger charge is 2.31. The molecular formula is C14H20BrNO3. The van der Waals surface area contributed by atoms with E-state index in [2.05, 4.69) is 26.9 Å². The highest BCUT2D eigenvalue weighted by atomic mass is 79.9. The van der Waals surface area contributed by atoms with Gasteiger partial charge < -0.3 is 14.6 Å². The molecule has 1 saturated heterocycles. The number of rotatable bonds is 5. The van der Waals surface area contributed by atoms with Gasteiger partial charge in [0.15, 0.2) is 0 Å². The Hall–Kier alpha value is -0.620. The number of aliphatic hydroxyl groups excluding tert-OH is 1. The Kier molecular flexibility index (Phi) is 5.21. The van der Waals surface area contributed by atoms with Crippen molar-refractivity contribution < 1.29 is 14.6 Å².